The fourth-order valence-electron chi connectivity index (χ4n) is 5.56. The van der Waals surface area contributed by atoms with Crippen molar-refractivity contribution in [2.45, 2.75) is 44.8 Å². The molecule has 8 heteroatoms. The van der Waals surface area contributed by atoms with E-state index in [9.17, 15) is 14.3 Å². The number of imidazole rings is 1. The summed E-state index contributed by atoms with van der Waals surface area (Å²) < 4.78 is 23.4. The van der Waals surface area contributed by atoms with Crippen molar-refractivity contribution in [3.8, 4) is 5.75 Å². The van der Waals surface area contributed by atoms with E-state index in [4.69, 9.17) is 9.72 Å². The Morgan fingerprint density at radius 2 is 1.85 bits per heavy atom. The molecule has 5 aromatic rings. The number of carboxylic acid groups (broad SMARTS) is 1. The molecular formula is C31H27BrFN3O3. The predicted molar refractivity (Wildman–Crippen MR) is 151 cm³/mol. The normalized spacial score (nSPS) is 17.5. The lowest BCUT2D eigenvalue weighted by Gasteiger charge is -2.28. The topological polar surface area (TPSA) is 77.2 Å². The van der Waals surface area contributed by atoms with Gasteiger partial charge in [-0.1, -0.05) is 59.1 Å². The van der Waals surface area contributed by atoms with Crippen molar-refractivity contribution < 1.29 is 19.0 Å². The summed E-state index contributed by atoms with van der Waals surface area (Å²) in [6.07, 6.45) is 3.37. The van der Waals surface area contributed by atoms with E-state index >= 15 is 0 Å². The van der Waals surface area contributed by atoms with Crippen molar-refractivity contribution >= 4 is 43.8 Å². The number of carboxylic acids is 1. The molecule has 6 rings (SSSR count). The fourth-order valence-corrected chi connectivity index (χ4v) is 5.83. The molecule has 1 N–H and O–H groups in total. The van der Waals surface area contributed by atoms with Crippen LogP contribution in [0.2, 0.25) is 0 Å². The van der Waals surface area contributed by atoms with Gasteiger partial charge in [0, 0.05) is 28.4 Å². The SMILES string of the molecule is O=C(O)[C@@H]1CCCC[C@H]1c1nc2cc(OCc3ccc4cccc(F)c4n3)ccc2n1Cc1ccc(Br)cc1. The second kappa shape index (κ2) is 10.8. The molecular weight excluding hydrogens is 561 g/mol. The van der Waals surface area contributed by atoms with Gasteiger partial charge in [-0.05, 0) is 54.8 Å². The predicted octanol–water partition coefficient (Wildman–Crippen LogP) is 7.47. The number of carbonyl (C=O) groups is 1. The van der Waals surface area contributed by atoms with Crippen LogP contribution < -0.4 is 4.74 Å². The minimum atomic E-state index is -0.759. The lowest BCUT2D eigenvalue weighted by molar-refractivity contribution is -0.143. The lowest BCUT2D eigenvalue weighted by Crippen LogP contribution is -2.27. The summed E-state index contributed by atoms with van der Waals surface area (Å²) >= 11 is 3.50. The summed E-state index contributed by atoms with van der Waals surface area (Å²) in [5.41, 5.74) is 3.75. The maximum Gasteiger partial charge on any atom is 0.307 e. The van der Waals surface area contributed by atoms with E-state index in [1.165, 1.54) is 6.07 Å². The van der Waals surface area contributed by atoms with E-state index in [-0.39, 0.29) is 18.3 Å². The van der Waals surface area contributed by atoms with Crippen LogP contribution in [0.1, 0.15) is 48.7 Å². The number of ether oxygens (including phenoxy) is 1. The van der Waals surface area contributed by atoms with Gasteiger partial charge in [0.05, 0.1) is 22.6 Å². The number of nitrogens with zero attached hydrogens (tertiary/aromatic N) is 3. The molecule has 0 unspecified atom stereocenters. The van der Waals surface area contributed by atoms with Crippen LogP contribution in [0.25, 0.3) is 21.9 Å². The van der Waals surface area contributed by atoms with E-state index in [0.29, 0.717) is 29.9 Å². The highest BCUT2D eigenvalue weighted by atomic mass is 79.9. The zero-order valence-corrected chi connectivity index (χ0v) is 22.8. The number of aromatic nitrogens is 3. The van der Waals surface area contributed by atoms with Crippen LogP contribution in [0.5, 0.6) is 5.75 Å². The van der Waals surface area contributed by atoms with Crippen molar-refractivity contribution in [3.05, 3.63) is 100 Å². The number of para-hydroxylation sites is 1. The molecule has 0 amide bonds. The van der Waals surface area contributed by atoms with Crippen LogP contribution in [0.3, 0.4) is 0 Å². The summed E-state index contributed by atoms with van der Waals surface area (Å²) in [5.74, 6) is -0.290. The second-order valence-electron chi connectivity index (χ2n) is 10.1. The molecule has 1 aliphatic rings. The third-order valence-electron chi connectivity index (χ3n) is 7.53. The zero-order valence-electron chi connectivity index (χ0n) is 21.2. The molecule has 2 atom stereocenters. The van der Waals surface area contributed by atoms with Gasteiger partial charge >= 0.3 is 5.97 Å². The van der Waals surface area contributed by atoms with Crippen LogP contribution in [-0.2, 0) is 17.9 Å². The molecule has 1 fully saturated rings. The first-order valence-electron chi connectivity index (χ1n) is 13.1. The summed E-state index contributed by atoms with van der Waals surface area (Å²) in [6, 6.07) is 22.5. The smallest absolute Gasteiger partial charge is 0.307 e. The molecule has 1 aliphatic carbocycles. The van der Waals surface area contributed by atoms with Crippen LogP contribution >= 0.6 is 15.9 Å². The number of hydrogen-bond acceptors (Lipinski definition) is 4. The molecule has 2 heterocycles. The van der Waals surface area contributed by atoms with Crippen molar-refractivity contribution in [3.63, 3.8) is 0 Å². The van der Waals surface area contributed by atoms with Crippen molar-refractivity contribution in [2.24, 2.45) is 5.92 Å². The molecule has 1 saturated carbocycles. The van der Waals surface area contributed by atoms with Gasteiger partial charge in [-0.2, -0.15) is 0 Å². The minimum absolute atomic E-state index is 0.153. The number of halogens is 2. The monoisotopic (exact) mass is 587 g/mol. The van der Waals surface area contributed by atoms with Gasteiger partial charge in [0.2, 0.25) is 0 Å². The first-order chi connectivity index (χ1) is 19.0. The number of hydrogen-bond donors (Lipinski definition) is 1. The molecule has 3 aromatic carbocycles. The Balaban J connectivity index is 1.33. The summed E-state index contributed by atoms with van der Waals surface area (Å²) in [5, 5.41) is 10.7. The largest absolute Gasteiger partial charge is 0.487 e. The van der Waals surface area contributed by atoms with Gasteiger partial charge in [-0.3, -0.25) is 4.79 Å². The third-order valence-corrected chi connectivity index (χ3v) is 8.06. The standard InChI is InChI=1S/C31H27BrFN3O3/c32-21-11-8-19(9-12-21)17-36-28-15-14-23(39-18-22-13-10-20-4-3-7-26(33)29(20)34-22)16-27(28)35-30(36)24-5-1-2-6-25(24)31(37)38/h3-4,7-16,24-25H,1-2,5-6,17-18H2,(H,37,38)/t24-,25-/m1/s1. The van der Waals surface area contributed by atoms with E-state index in [1.807, 2.05) is 48.5 Å². The highest BCUT2D eigenvalue weighted by Crippen LogP contribution is 2.39. The molecule has 0 bridgehead atoms. The molecule has 0 spiro atoms. The summed E-state index contributed by atoms with van der Waals surface area (Å²) in [7, 11) is 0. The second-order valence-corrected chi connectivity index (χ2v) is 11.0. The molecule has 0 saturated heterocycles. The molecule has 6 nitrogen and oxygen atoms in total. The van der Waals surface area contributed by atoms with Crippen LogP contribution in [0.4, 0.5) is 4.39 Å². The maximum atomic E-state index is 14.2. The first-order valence-corrected chi connectivity index (χ1v) is 13.9. The highest BCUT2D eigenvalue weighted by Gasteiger charge is 2.35. The van der Waals surface area contributed by atoms with Crippen LogP contribution in [0, 0.1) is 11.7 Å². The first kappa shape index (κ1) is 25.5. The lowest BCUT2D eigenvalue weighted by atomic mass is 9.78. The van der Waals surface area contributed by atoms with Gasteiger partial charge < -0.3 is 14.4 Å². The Bertz CT molecular complexity index is 1670. The fraction of sp³-hybridized carbons (Fsp3) is 0.258. The van der Waals surface area contributed by atoms with Gasteiger partial charge in [-0.15, -0.1) is 0 Å². The van der Waals surface area contributed by atoms with Crippen LogP contribution in [-0.4, -0.2) is 25.6 Å². The van der Waals surface area contributed by atoms with Gasteiger partial charge in [0.1, 0.15) is 29.5 Å². The van der Waals surface area contributed by atoms with E-state index in [1.54, 1.807) is 6.07 Å². The Morgan fingerprint density at radius 1 is 1.03 bits per heavy atom. The molecule has 39 heavy (non-hydrogen) atoms. The summed E-state index contributed by atoms with van der Waals surface area (Å²) in [6.45, 7) is 0.778. The number of fused-ring (bicyclic) bond motifs is 2. The van der Waals surface area contributed by atoms with Gasteiger partial charge in [0.15, 0.2) is 0 Å². The van der Waals surface area contributed by atoms with E-state index in [0.717, 1.165) is 51.5 Å². The van der Waals surface area contributed by atoms with Gasteiger partial charge in [0.25, 0.3) is 0 Å². The number of aliphatic carboxylic acids is 1. The Morgan fingerprint density at radius 3 is 2.67 bits per heavy atom. The average Bonchev–Trinajstić information content (AvgIpc) is 3.30. The number of rotatable bonds is 7. The average molecular weight is 588 g/mol. The number of benzene rings is 3. The maximum absolute atomic E-state index is 14.2. The Hall–Kier alpha value is -3.78. The Labute approximate surface area is 233 Å². The van der Waals surface area contributed by atoms with Crippen molar-refractivity contribution in [1.82, 2.24) is 14.5 Å². The zero-order chi connectivity index (χ0) is 26.9. The molecule has 0 aliphatic heterocycles. The van der Waals surface area contributed by atoms with Crippen molar-refractivity contribution in [2.75, 3.05) is 0 Å². The Kier molecular flexibility index (Phi) is 7.04. The third kappa shape index (κ3) is 5.26. The molecule has 0 radical (unpaired) electrons. The van der Waals surface area contributed by atoms with E-state index in [2.05, 4.69) is 37.6 Å². The highest BCUT2D eigenvalue weighted by molar-refractivity contribution is 9.10. The van der Waals surface area contributed by atoms with Crippen LogP contribution in [0.15, 0.2) is 77.3 Å². The van der Waals surface area contributed by atoms with E-state index < -0.39 is 11.9 Å². The quantitative estimate of drug-likeness (QED) is 0.214. The minimum Gasteiger partial charge on any atom is -0.487 e. The van der Waals surface area contributed by atoms with Gasteiger partial charge in [-0.25, -0.2) is 14.4 Å². The molecule has 198 valence electrons. The molecule has 2 aromatic heterocycles. The number of pyridine rings is 1. The summed E-state index contributed by atoms with van der Waals surface area (Å²) in [4.78, 5) is 21.6. The van der Waals surface area contributed by atoms with Crippen molar-refractivity contribution in [1.29, 1.82) is 0 Å².